The third-order valence-electron chi connectivity index (χ3n) is 5.76. The first-order valence-electron chi connectivity index (χ1n) is 11.9. The van der Waals surface area contributed by atoms with Crippen molar-refractivity contribution >= 4 is 29.1 Å². The standard InChI is InChI=1S/C28H27N3O4S/c1-2-33-24(27(32)35-28-29-15-16-30-28)19-20-11-13-21(14-12-20)34-18-17-31-22-7-3-5-9-25(22)36-26-10-6-4-8-23(26)31/h3-16,24H,2,17-19H2,1H3,(H,29,30). The monoisotopic (exact) mass is 501 g/mol. The van der Waals surface area contributed by atoms with Crippen molar-refractivity contribution in [1.29, 1.82) is 0 Å². The van der Waals surface area contributed by atoms with Crippen LogP contribution in [0.15, 0.2) is 95.0 Å². The molecule has 1 aliphatic rings. The number of benzene rings is 3. The van der Waals surface area contributed by atoms with Crippen molar-refractivity contribution < 1.29 is 19.0 Å². The molecule has 4 aromatic rings. The molecule has 0 fully saturated rings. The van der Waals surface area contributed by atoms with Crippen LogP contribution in [0.3, 0.4) is 0 Å². The zero-order valence-corrected chi connectivity index (χ0v) is 20.7. The van der Waals surface area contributed by atoms with Crippen molar-refractivity contribution in [2.45, 2.75) is 29.2 Å². The summed E-state index contributed by atoms with van der Waals surface area (Å²) >= 11 is 1.80. The van der Waals surface area contributed by atoms with Crippen LogP contribution in [0.1, 0.15) is 12.5 Å². The topological polar surface area (TPSA) is 76.7 Å². The lowest BCUT2D eigenvalue weighted by Crippen LogP contribution is -2.31. The molecule has 1 N–H and O–H groups in total. The van der Waals surface area contributed by atoms with Crippen LogP contribution >= 0.6 is 11.8 Å². The number of aromatic nitrogens is 2. The minimum absolute atomic E-state index is 0.158. The molecule has 0 bridgehead atoms. The van der Waals surface area contributed by atoms with Gasteiger partial charge in [-0.3, -0.25) is 0 Å². The summed E-state index contributed by atoms with van der Waals surface area (Å²) in [4.78, 5) is 24.0. The normalized spacial score (nSPS) is 13.0. The van der Waals surface area contributed by atoms with Gasteiger partial charge >= 0.3 is 12.0 Å². The minimum atomic E-state index is -0.719. The Balaban J connectivity index is 1.19. The van der Waals surface area contributed by atoms with E-state index in [0.29, 0.717) is 19.6 Å². The number of carbonyl (C=O) groups excluding carboxylic acids is 1. The Morgan fingerprint density at radius 1 is 1.00 bits per heavy atom. The fraction of sp³-hybridized carbons (Fsp3) is 0.214. The SMILES string of the molecule is CCOC(Cc1ccc(OCCN2c3ccccc3Sc3ccccc32)cc1)C(=O)Oc1ncc[nH]1. The van der Waals surface area contributed by atoms with Gasteiger partial charge in [0.05, 0.1) is 17.9 Å². The summed E-state index contributed by atoms with van der Waals surface area (Å²) in [6, 6.07) is 24.8. The number of para-hydroxylation sites is 2. The molecule has 7 nitrogen and oxygen atoms in total. The maximum Gasteiger partial charge on any atom is 0.343 e. The smallest absolute Gasteiger partial charge is 0.343 e. The molecule has 0 aliphatic carbocycles. The van der Waals surface area contributed by atoms with Gasteiger partial charge in [-0.25, -0.2) is 9.78 Å². The van der Waals surface area contributed by atoms with Crippen LogP contribution in [-0.4, -0.2) is 41.8 Å². The Kier molecular flexibility index (Phi) is 7.54. The highest BCUT2D eigenvalue weighted by molar-refractivity contribution is 7.99. The summed E-state index contributed by atoms with van der Waals surface area (Å²) in [6.45, 7) is 3.51. The number of aromatic amines is 1. The molecule has 2 heterocycles. The third-order valence-corrected chi connectivity index (χ3v) is 6.89. The quantitative estimate of drug-likeness (QED) is 0.282. The van der Waals surface area contributed by atoms with E-state index in [1.54, 1.807) is 18.0 Å². The predicted octanol–water partition coefficient (Wildman–Crippen LogP) is 5.64. The molecule has 1 aromatic heterocycles. The average molecular weight is 502 g/mol. The van der Waals surface area contributed by atoms with E-state index in [1.807, 2.05) is 31.2 Å². The molecule has 1 atom stereocenters. The molecular formula is C28H27N3O4S. The van der Waals surface area contributed by atoms with E-state index in [0.717, 1.165) is 17.9 Å². The number of hydrogen-bond acceptors (Lipinski definition) is 7. The van der Waals surface area contributed by atoms with Gasteiger partial charge in [-0.15, -0.1) is 0 Å². The van der Waals surface area contributed by atoms with Gasteiger partial charge in [0.1, 0.15) is 12.4 Å². The first-order chi connectivity index (χ1) is 17.7. The molecule has 5 rings (SSSR count). The highest BCUT2D eigenvalue weighted by Gasteiger charge is 2.24. The summed E-state index contributed by atoms with van der Waals surface area (Å²) in [7, 11) is 0. The van der Waals surface area contributed by atoms with Crippen LogP contribution in [-0.2, 0) is 16.0 Å². The molecule has 3 aromatic carbocycles. The number of imidazole rings is 1. The number of nitrogens with zero attached hydrogens (tertiary/aromatic N) is 2. The lowest BCUT2D eigenvalue weighted by molar-refractivity contribution is -0.147. The van der Waals surface area contributed by atoms with Crippen molar-refractivity contribution in [1.82, 2.24) is 9.97 Å². The second-order valence-electron chi connectivity index (χ2n) is 8.15. The van der Waals surface area contributed by atoms with E-state index in [1.165, 1.54) is 27.4 Å². The Hall–Kier alpha value is -3.75. The predicted molar refractivity (Wildman–Crippen MR) is 139 cm³/mol. The second kappa shape index (κ2) is 11.3. The van der Waals surface area contributed by atoms with Crippen molar-refractivity contribution in [2.75, 3.05) is 24.7 Å². The Morgan fingerprint density at radius 3 is 2.33 bits per heavy atom. The highest BCUT2D eigenvalue weighted by atomic mass is 32.2. The van der Waals surface area contributed by atoms with Crippen LogP contribution in [0.25, 0.3) is 0 Å². The van der Waals surface area contributed by atoms with Crippen molar-refractivity contribution in [3.8, 4) is 11.8 Å². The van der Waals surface area contributed by atoms with Gasteiger partial charge in [-0.2, -0.15) is 0 Å². The molecule has 0 spiro atoms. The average Bonchev–Trinajstić information content (AvgIpc) is 3.42. The first kappa shape index (κ1) is 24.0. The maximum atomic E-state index is 12.5. The summed E-state index contributed by atoms with van der Waals surface area (Å²) in [5.74, 6) is 0.296. The molecule has 1 aliphatic heterocycles. The second-order valence-corrected chi connectivity index (χ2v) is 9.23. The zero-order valence-electron chi connectivity index (χ0n) is 19.9. The van der Waals surface area contributed by atoms with Crippen LogP contribution in [0.2, 0.25) is 0 Å². The number of rotatable bonds is 10. The molecule has 8 heteroatoms. The number of hydrogen-bond donors (Lipinski definition) is 1. The van der Waals surface area contributed by atoms with Crippen LogP contribution in [0.4, 0.5) is 11.4 Å². The minimum Gasteiger partial charge on any atom is -0.492 e. The third kappa shape index (κ3) is 5.56. The lowest BCUT2D eigenvalue weighted by atomic mass is 10.1. The number of nitrogens with one attached hydrogen (secondary N) is 1. The summed E-state index contributed by atoms with van der Waals surface area (Å²) in [5.41, 5.74) is 3.35. The molecule has 0 radical (unpaired) electrons. The molecule has 184 valence electrons. The van der Waals surface area contributed by atoms with Crippen LogP contribution < -0.4 is 14.4 Å². The molecular weight excluding hydrogens is 474 g/mol. The number of carbonyl (C=O) groups is 1. The number of ether oxygens (including phenoxy) is 3. The van der Waals surface area contributed by atoms with E-state index >= 15 is 0 Å². The molecule has 36 heavy (non-hydrogen) atoms. The van der Waals surface area contributed by atoms with Crippen molar-refractivity contribution in [3.63, 3.8) is 0 Å². The van der Waals surface area contributed by atoms with Gasteiger partial charge in [-0.1, -0.05) is 48.2 Å². The van der Waals surface area contributed by atoms with Gasteiger partial charge in [0, 0.05) is 35.2 Å². The molecule has 1 unspecified atom stereocenters. The van der Waals surface area contributed by atoms with Gasteiger partial charge in [0.15, 0.2) is 6.10 Å². The van der Waals surface area contributed by atoms with E-state index in [9.17, 15) is 4.79 Å². The highest BCUT2D eigenvalue weighted by Crippen LogP contribution is 2.47. The summed E-state index contributed by atoms with van der Waals surface area (Å²) < 4.78 is 17.0. The molecule has 0 saturated carbocycles. The fourth-order valence-corrected chi connectivity index (χ4v) is 5.19. The van der Waals surface area contributed by atoms with E-state index in [-0.39, 0.29) is 6.01 Å². The van der Waals surface area contributed by atoms with Crippen molar-refractivity contribution in [3.05, 3.63) is 90.8 Å². The van der Waals surface area contributed by atoms with Gasteiger partial charge in [0.2, 0.25) is 0 Å². The lowest BCUT2D eigenvalue weighted by Gasteiger charge is -2.32. The van der Waals surface area contributed by atoms with E-state index < -0.39 is 12.1 Å². The number of anilines is 2. The van der Waals surface area contributed by atoms with Crippen molar-refractivity contribution in [2.24, 2.45) is 0 Å². The maximum absolute atomic E-state index is 12.5. The Morgan fingerprint density at radius 2 is 1.69 bits per heavy atom. The summed E-state index contributed by atoms with van der Waals surface area (Å²) in [6.07, 6.45) is 2.80. The number of fused-ring (bicyclic) bond motifs is 2. The Labute approximate surface area is 214 Å². The van der Waals surface area contributed by atoms with Crippen LogP contribution in [0.5, 0.6) is 11.8 Å². The van der Waals surface area contributed by atoms with E-state index in [4.69, 9.17) is 14.2 Å². The van der Waals surface area contributed by atoms with Gasteiger partial charge < -0.3 is 24.1 Å². The molecule has 0 amide bonds. The summed E-state index contributed by atoms with van der Waals surface area (Å²) in [5, 5.41) is 0. The van der Waals surface area contributed by atoms with Crippen LogP contribution in [0, 0.1) is 0 Å². The van der Waals surface area contributed by atoms with Gasteiger partial charge in [0.25, 0.3) is 0 Å². The molecule has 0 saturated heterocycles. The fourth-order valence-electron chi connectivity index (χ4n) is 4.09. The Bertz CT molecular complexity index is 1250. The van der Waals surface area contributed by atoms with E-state index in [2.05, 4.69) is 63.4 Å². The first-order valence-corrected chi connectivity index (χ1v) is 12.7. The van der Waals surface area contributed by atoms with Gasteiger partial charge in [-0.05, 0) is 48.9 Å². The number of H-pyrrole nitrogens is 1. The number of esters is 1. The zero-order chi connectivity index (χ0) is 24.7. The largest absolute Gasteiger partial charge is 0.492 e.